The molecule has 1 heterocycles. The molecule has 0 saturated carbocycles. The van der Waals surface area contributed by atoms with Crippen molar-refractivity contribution in [1.29, 1.82) is 0 Å². The molecule has 2 atom stereocenters. The second kappa shape index (κ2) is 11.5. The minimum Gasteiger partial charge on any atom is -0.377 e. The standard InChI is InChI=1S/C12H26N2O5/c13-11-9-18-7-5-16-3-1-15-2-4-17-6-8-19-10-12(11)14/h11-12H,1-10,13-14H2/t11-,12?/m1/s1. The van der Waals surface area contributed by atoms with Crippen molar-refractivity contribution in [3.8, 4) is 0 Å². The first-order valence-corrected chi connectivity index (χ1v) is 6.70. The minimum atomic E-state index is -0.236. The van der Waals surface area contributed by atoms with E-state index >= 15 is 0 Å². The van der Waals surface area contributed by atoms with Gasteiger partial charge in [-0.1, -0.05) is 0 Å². The van der Waals surface area contributed by atoms with Gasteiger partial charge in [-0.2, -0.15) is 0 Å². The van der Waals surface area contributed by atoms with Crippen molar-refractivity contribution in [3.05, 3.63) is 0 Å². The van der Waals surface area contributed by atoms with Gasteiger partial charge < -0.3 is 35.2 Å². The number of hydrogen-bond donors (Lipinski definition) is 2. The SMILES string of the molecule is NC1COCCOCCOCCOCCOC[C@H]1N. The molecule has 0 aromatic rings. The topological polar surface area (TPSA) is 98.2 Å². The maximum Gasteiger partial charge on any atom is 0.0701 e. The zero-order valence-electron chi connectivity index (χ0n) is 11.4. The Hall–Kier alpha value is -0.280. The Kier molecular flexibility index (Phi) is 10.2. The van der Waals surface area contributed by atoms with Gasteiger partial charge in [-0.3, -0.25) is 0 Å². The molecule has 0 aromatic heterocycles. The van der Waals surface area contributed by atoms with Gasteiger partial charge >= 0.3 is 0 Å². The molecule has 0 aliphatic carbocycles. The summed E-state index contributed by atoms with van der Waals surface area (Å²) >= 11 is 0. The van der Waals surface area contributed by atoms with Crippen LogP contribution in [0.25, 0.3) is 0 Å². The minimum absolute atomic E-state index is 0.236. The highest BCUT2D eigenvalue weighted by atomic mass is 16.6. The monoisotopic (exact) mass is 278 g/mol. The van der Waals surface area contributed by atoms with Gasteiger partial charge in [-0.25, -0.2) is 0 Å². The summed E-state index contributed by atoms with van der Waals surface area (Å²) in [5.74, 6) is 0. The summed E-state index contributed by atoms with van der Waals surface area (Å²) in [5, 5.41) is 0. The molecule has 0 spiro atoms. The highest BCUT2D eigenvalue weighted by Crippen LogP contribution is 1.92. The first kappa shape index (κ1) is 16.8. The van der Waals surface area contributed by atoms with Gasteiger partial charge in [0.05, 0.1) is 66.1 Å². The van der Waals surface area contributed by atoms with Crippen molar-refractivity contribution in [2.75, 3.05) is 66.1 Å². The van der Waals surface area contributed by atoms with Crippen molar-refractivity contribution in [2.45, 2.75) is 12.1 Å². The fourth-order valence-corrected chi connectivity index (χ4v) is 1.46. The predicted molar refractivity (Wildman–Crippen MR) is 70.0 cm³/mol. The number of nitrogens with two attached hydrogens (primary N) is 2. The Balaban J connectivity index is 2.19. The summed E-state index contributed by atoms with van der Waals surface area (Å²) in [5.41, 5.74) is 11.8. The predicted octanol–water partition coefficient (Wildman–Crippen LogP) is -1.26. The van der Waals surface area contributed by atoms with E-state index in [4.69, 9.17) is 35.2 Å². The van der Waals surface area contributed by atoms with E-state index in [-0.39, 0.29) is 12.1 Å². The molecule has 7 heteroatoms. The quantitative estimate of drug-likeness (QED) is 0.570. The zero-order valence-corrected chi connectivity index (χ0v) is 11.4. The summed E-state index contributed by atoms with van der Waals surface area (Å²) in [7, 11) is 0. The lowest BCUT2D eigenvalue weighted by molar-refractivity contribution is -0.00767. The second-order valence-electron chi connectivity index (χ2n) is 4.31. The van der Waals surface area contributed by atoms with Crippen molar-refractivity contribution in [2.24, 2.45) is 11.5 Å². The van der Waals surface area contributed by atoms with Gasteiger partial charge in [0.1, 0.15) is 0 Å². The summed E-state index contributed by atoms with van der Waals surface area (Å²) in [4.78, 5) is 0. The third kappa shape index (κ3) is 9.28. The van der Waals surface area contributed by atoms with Crippen molar-refractivity contribution >= 4 is 0 Å². The lowest BCUT2D eigenvalue weighted by Gasteiger charge is -2.19. The van der Waals surface area contributed by atoms with Crippen molar-refractivity contribution in [3.63, 3.8) is 0 Å². The highest BCUT2D eigenvalue weighted by Gasteiger charge is 2.13. The Morgan fingerprint density at radius 2 is 0.737 bits per heavy atom. The molecule has 1 saturated heterocycles. The largest absolute Gasteiger partial charge is 0.377 e. The fraction of sp³-hybridized carbons (Fsp3) is 1.00. The maximum atomic E-state index is 5.89. The van der Waals surface area contributed by atoms with E-state index in [0.29, 0.717) is 66.1 Å². The third-order valence-electron chi connectivity index (χ3n) is 2.66. The van der Waals surface area contributed by atoms with E-state index in [0.717, 1.165) is 0 Å². The van der Waals surface area contributed by atoms with Gasteiger partial charge in [0.25, 0.3) is 0 Å². The van der Waals surface area contributed by atoms with Crippen LogP contribution in [-0.4, -0.2) is 78.2 Å². The maximum absolute atomic E-state index is 5.89. The molecule has 19 heavy (non-hydrogen) atoms. The average Bonchev–Trinajstić information content (AvgIpc) is 2.41. The van der Waals surface area contributed by atoms with Gasteiger partial charge in [0.15, 0.2) is 0 Å². The van der Waals surface area contributed by atoms with Crippen LogP contribution in [0.4, 0.5) is 0 Å². The van der Waals surface area contributed by atoms with Crippen LogP contribution in [0.1, 0.15) is 0 Å². The van der Waals surface area contributed by atoms with Crippen molar-refractivity contribution in [1.82, 2.24) is 0 Å². The van der Waals surface area contributed by atoms with E-state index in [1.54, 1.807) is 0 Å². The molecule has 0 bridgehead atoms. The van der Waals surface area contributed by atoms with E-state index in [1.807, 2.05) is 0 Å². The van der Waals surface area contributed by atoms with Gasteiger partial charge in [0.2, 0.25) is 0 Å². The summed E-state index contributed by atoms with van der Waals surface area (Å²) < 4.78 is 26.8. The molecule has 1 aliphatic rings. The zero-order chi connectivity index (χ0) is 13.8. The lowest BCUT2D eigenvalue weighted by Crippen LogP contribution is -2.47. The van der Waals surface area contributed by atoms with Crippen LogP contribution < -0.4 is 11.5 Å². The van der Waals surface area contributed by atoms with Crippen LogP contribution in [0.5, 0.6) is 0 Å². The van der Waals surface area contributed by atoms with Crippen LogP contribution in [0, 0.1) is 0 Å². The van der Waals surface area contributed by atoms with Crippen LogP contribution in [0.15, 0.2) is 0 Å². The Morgan fingerprint density at radius 3 is 1.05 bits per heavy atom. The second-order valence-corrected chi connectivity index (χ2v) is 4.31. The van der Waals surface area contributed by atoms with E-state index < -0.39 is 0 Å². The smallest absolute Gasteiger partial charge is 0.0701 e. The Bertz CT molecular complexity index is 189. The average molecular weight is 278 g/mol. The Morgan fingerprint density at radius 1 is 0.474 bits per heavy atom. The van der Waals surface area contributed by atoms with Gasteiger partial charge in [-0.05, 0) is 0 Å². The normalized spacial score (nSPS) is 30.6. The van der Waals surface area contributed by atoms with Crippen LogP contribution in [-0.2, 0) is 23.7 Å². The molecule has 1 unspecified atom stereocenters. The van der Waals surface area contributed by atoms with Gasteiger partial charge in [-0.15, -0.1) is 0 Å². The molecular formula is C12H26N2O5. The first-order valence-electron chi connectivity index (χ1n) is 6.70. The van der Waals surface area contributed by atoms with Crippen molar-refractivity contribution < 1.29 is 23.7 Å². The molecule has 1 fully saturated rings. The fourth-order valence-electron chi connectivity index (χ4n) is 1.46. The lowest BCUT2D eigenvalue weighted by atomic mass is 10.2. The van der Waals surface area contributed by atoms with Crippen LogP contribution >= 0.6 is 0 Å². The summed E-state index contributed by atoms with van der Waals surface area (Å²) in [6.45, 7) is 5.09. The number of ether oxygens (including phenoxy) is 5. The molecule has 7 nitrogen and oxygen atoms in total. The molecule has 114 valence electrons. The summed E-state index contributed by atoms with van der Waals surface area (Å²) in [6.07, 6.45) is 0. The molecular weight excluding hydrogens is 252 g/mol. The molecule has 0 radical (unpaired) electrons. The summed E-state index contributed by atoms with van der Waals surface area (Å²) in [6, 6.07) is -0.472. The van der Waals surface area contributed by atoms with Crippen LogP contribution in [0.3, 0.4) is 0 Å². The van der Waals surface area contributed by atoms with E-state index in [9.17, 15) is 0 Å². The number of rotatable bonds is 0. The Labute approximate surface area is 114 Å². The van der Waals surface area contributed by atoms with Crippen LogP contribution in [0.2, 0.25) is 0 Å². The van der Waals surface area contributed by atoms with E-state index in [1.165, 1.54) is 0 Å². The van der Waals surface area contributed by atoms with Gasteiger partial charge in [0, 0.05) is 12.1 Å². The first-order chi connectivity index (χ1) is 9.30. The van der Waals surface area contributed by atoms with E-state index in [2.05, 4.69) is 0 Å². The number of hydrogen-bond acceptors (Lipinski definition) is 7. The molecule has 0 aromatic carbocycles. The molecule has 0 amide bonds. The molecule has 1 rings (SSSR count). The third-order valence-corrected chi connectivity index (χ3v) is 2.66. The molecule has 4 N–H and O–H groups in total. The molecule has 1 aliphatic heterocycles. The highest BCUT2D eigenvalue weighted by molar-refractivity contribution is 4.75.